The molecular weight excluding hydrogens is 372 g/mol. The molecule has 0 unspecified atom stereocenters. The minimum atomic E-state index is -0.261. The zero-order chi connectivity index (χ0) is 20.3. The van der Waals surface area contributed by atoms with Crippen LogP contribution in [0.5, 0.6) is 5.75 Å². The first-order valence-corrected chi connectivity index (χ1v) is 10.2. The number of aryl methyl sites for hydroxylation is 2. The zero-order valence-electron chi connectivity index (χ0n) is 17.0. The lowest BCUT2D eigenvalue weighted by Crippen LogP contribution is -2.19. The van der Waals surface area contributed by atoms with Gasteiger partial charge in [-0.25, -0.2) is 0 Å². The molecule has 0 saturated heterocycles. The van der Waals surface area contributed by atoms with E-state index in [0.29, 0.717) is 23.5 Å². The van der Waals surface area contributed by atoms with Crippen LogP contribution in [0.1, 0.15) is 35.3 Å². The van der Waals surface area contributed by atoms with Crippen LogP contribution in [0.4, 0.5) is 0 Å². The SMILES string of the molecule is COCCn1c(=NC(=O)c2ccc(OC(C)C)cc2)sc2cc(C)cc(C)c21. The minimum Gasteiger partial charge on any atom is -0.491 e. The average Bonchev–Trinajstić information content (AvgIpc) is 2.97. The van der Waals surface area contributed by atoms with E-state index in [0.717, 1.165) is 16.0 Å². The highest BCUT2D eigenvalue weighted by molar-refractivity contribution is 7.16. The molecule has 0 radical (unpaired) electrons. The molecule has 5 nitrogen and oxygen atoms in total. The predicted octanol–water partition coefficient (Wildman–Crippen LogP) is 4.49. The average molecular weight is 399 g/mol. The Balaban J connectivity index is 2.02. The first-order valence-electron chi connectivity index (χ1n) is 9.34. The molecule has 3 rings (SSSR count). The van der Waals surface area contributed by atoms with E-state index in [1.54, 1.807) is 31.4 Å². The maximum Gasteiger partial charge on any atom is 0.279 e. The molecule has 1 heterocycles. The second-order valence-electron chi connectivity index (χ2n) is 7.07. The Labute approximate surface area is 169 Å². The molecule has 0 fully saturated rings. The number of rotatable bonds is 6. The zero-order valence-corrected chi connectivity index (χ0v) is 17.8. The number of nitrogens with zero attached hydrogens (tertiary/aromatic N) is 2. The van der Waals surface area contributed by atoms with Crippen molar-refractivity contribution in [1.29, 1.82) is 0 Å². The van der Waals surface area contributed by atoms with E-state index < -0.39 is 0 Å². The summed E-state index contributed by atoms with van der Waals surface area (Å²) >= 11 is 1.53. The summed E-state index contributed by atoms with van der Waals surface area (Å²) in [4.78, 5) is 17.9. The molecule has 0 N–H and O–H groups in total. The van der Waals surface area contributed by atoms with Gasteiger partial charge in [-0.1, -0.05) is 17.4 Å². The molecule has 0 bridgehead atoms. The molecule has 1 aromatic heterocycles. The summed E-state index contributed by atoms with van der Waals surface area (Å²) < 4.78 is 14.1. The van der Waals surface area contributed by atoms with E-state index in [1.807, 2.05) is 13.8 Å². The van der Waals surface area contributed by atoms with Crippen molar-refractivity contribution in [2.75, 3.05) is 13.7 Å². The first-order chi connectivity index (χ1) is 13.4. The highest BCUT2D eigenvalue weighted by Gasteiger charge is 2.12. The Morgan fingerprint density at radius 3 is 2.54 bits per heavy atom. The maximum absolute atomic E-state index is 12.8. The number of thiazole rings is 1. The third-order valence-electron chi connectivity index (χ3n) is 4.30. The predicted molar refractivity (Wildman–Crippen MR) is 113 cm³/mol. The van der Waals surface area contributed by atoms with E-state index in [1.165, 1.54) is 22.5 Å². The minimum absolute atomic E-state index is 0.0937. The normalized spacial score (nSPS) is 12.1. The molecule has 0 saturated carbocycles. The van der Waals surface area contributed by atoms with Gasteiger partial charge in [0.2, 0.25) is 0 Å². The Hall–Kier alpha value is -2.44. The molecule has 0 aliphatic heterocycles. The molecule has 0 aliphatic carbocycles. The number of carbonyl (C=O) groups excluding carboxylic acids is 1. The smallest absolute Gasteiger partial charge is 0.279 e. The largest absolute Gasteiger partial charge is 0.491 e. The van der Waals surface area contributed by atoms with Gasteiger partial charge in [0, 0.05) is 19.2 Å². The van der Waals surface area contributed by atoms with Crippen LogP contribution >= 0.6 is 11.3 Å². The number of hydrogen-bond acceptors (Lipinski definition) is 4. The van der Waals surface area contributed by atoms with Crippen molar-refractivity contribution < 1.29 is 14.3 Å². The van der Waals surface area contributed by atoms with Gasteiger partial charge in [-0.05, 0) is 69.2 Å². The number of methoxy groups -OCH3 is 1. The summed E-state index contributed by atoms with van der Waals surface area (Å²) in [5, 5.41) is 0. The summed E-state index contributed by atoms with van der Waals surface area (Å²) in [6.07, 6.45) is 0.0937. The van der Waals surface area contributed by atoms with Crippen molar-refractivity contribution in [3.63, 3.8) is 0 Å². The van der Waals surface area contributed by atoms with Crippen molar-refractivity contribution in [2.24, 2.45) is 4.99 Å². The fourth-order valence-electron chi connectivity index (χ4n) is 3.17. The number of benzene rings is 2. The topological polar surface area (TPSA) is 52.8 Å². The van der Waals surface area contributed by atoms with Crippen LogP contribution in [0.15, 0.2) is 41.4 Å². The standard InChI is InChI=1S/C22H26N2O3S/c1-14(2)27-18-8-6-17(7-9-18)21(25)23-22-24(10-11-26-5)20-16(4)12-15(3)13-19(20)28-22/h6-9,12-14H,10-11H2,1-5H3. The van der Waals surface area contributed by atoms with Gasteiger partial charge in [0.1, 0.15) is 5.75 Å². The molecule has 1 amide bonds. The van der Waals surface area contributed by atoms with Gasteiger partial charge in [-0.3, -0.25) is 4.79 Å². The van der Waals surface area contributed by atoms with Gasteiger partial charge in [0.05, 0.1) is 22.9 Å². The third kappa shape index (κ3) is 4.51. The molecular formula is C22H26N2O3S. The number of amides is 1. The molecule has 2 aromatic carbocycles. The highest BCUT2D eigenvalue weighted by Crippen LogP contribution is 2.23. The monoisotopic (exact) mass is 398 g/mol. The Kier molecular flexibility index (Phi) is 6.31. The van der Waals surface area contributed by atoms with Crippen molar-refractivity contribution >= 4 is 27.5 Å². The molecule has 0 atom stereocenters. The Morgan fingerprint density at radius 1 is 1.18 bits per heavy atom. The molecule has 0 aliphatic rings. The van der Waals surface area contributed by atoms with E-state index >= 15 is 0 Å². The number of carbonyl (C=O) groups is 1. The summed E-state index contributed by atoms with van der Waals surface area (Å²) in [5.74, 6) is 0.484. The molecule has 28 heavy (non-hydrogen) atoms. The number of aromatic nitrogens is 1. The van der Waals surface area contributed by atoms with Crippen LogP contribution in [0, 0.1) is 13.8 Å². The first kappa shape index (κ1) is 20.3. The molecule has 148 valence electrons. The summed E-state index contributed by atoms with van der Waals surface area (Å²) in [5.41, 5.74) is 4.02. The van der Waals surface area contributed by atoms with Gasteiger partial charge in [0.15, 0.2) is 4.80 Å². The van der Waals surface area contributed by atoms with E-state index in [4.69, 9.17) is 9.47 Å². The van der Waals surface area contributed by atoms with Crippen molar-refractivity contribution in [3.8, 4) is 5.75 Å². The lowest BCUT2D eigenvalue weighted by molar-refractivity contribution is 0.0997. The lowest BCUT2D eigenvalue weighted by atomic mass is 10.1. The third-order valence-corrected chi connectivity index (χ3v) is 5.33. The van der Waals surface area contributed by atoms with Crippen molar-refractivity contribution in [3.05, 3.63) is 57.9 Å². The molecule has 3 aromatic rings. The van der Waals surface area contributed by atoms with E-state index in [9.17, 15) is 4.79 Å². The number of ether oxygens (including phenoxy) is 2. The highest BCUT2D eigenvalue weighted by atomic mass is 32.1. The summed E-state index contributed by atoms with van der Waals surface area (Å²) in [7, 11) is 1.68. The number of fused-ring (bicyclic) bond motifs is 1. The van der Waals surface area contributed by atoms with Crippen LogP contribution in [-0.2, 0) is 11.3 Å². The Bertz CT molecular complexity index is 1050. The fraction of sp³-hybridized carbons (Fsp3) is 0.364. The number of hydrogen-bond donors (Lipinski definition) is 0. The van der Waals surface area contributed by atoms with Gasteiger partial charge >= 0.3 is 0 Å². The molecule has 0 spiro atoms. The fourth-order valence-corrected chi connectivity index (χ4v) is 4.40. The summed E-state index contributed by atoms with van der Waals surface area (Å²) in [6.45, 7) is 9.31. The van der Waals surface area contributed by atoms with E-state index in [2.05, 4.69) is 35.5 Å². The lowest BCUT2D eigenvalue weighted by Gasteiger charge is -2.09. The second-order valence-corrected chi connectivity index (χ2v) is 8.07. The Morgan fingerprint density at radius 2 is 1.89 bits per heavy atom. The van der Waals surface area contributed by atoms with Crippen LogP contribution in [0.25, 0.3) is 10.2 Å². The van der Waals surface area contributed by atoms with Gasteiger partial charge < -0.3 is 14.0 Å². The van der Waals surface area contributed by atoms with Crippen molar-refractivity contribution in [2.45, 2.75) is 40.3 Å². The van der Waals surface area contributed by atoms with Crippen LogP contribution in [0.3, 0.4) is 0 Å². The van der Waals surface area contributed by atoms with E-state index in [-0.39, 0.29) is 12.0 Å². The van der Waals surface area contributed by atoms with Gasteiger partial charge in [-0.15, -0.1) is 0 Å². The van der Waals surface area contributed by atoms with Gasteiger partial charge in [-0.2, -0.15) is 4.99 Å². The maximum atomic E-state index is 12.8. The second kappa shape index (κ2) is 8.71. The summed E-state index contributed by atoms with van der Waals surface area (Å²) in [6, 6.07) is 11.4. The van der Waals surface area contributed by atoms with Crippen LogP contribution in [0.2, 0.25) is 0 Å². The van der Waals surface area contributed by atoms with Gasteiger partial charge in [0.25, 0.3) is 5.91 Å². The van der Waals surface area contributed by atoms with Crippen LogP contribution < -0.4 is 9.54 Å². The molecule has 6 heteroatoms. The van der Waals surface area contributed by atoms with Crippen LogP contribution in [-0.4, -0.2) is 30.3 Å². The van der Waals surface area contributed by atoms with Crippen molar-refractivity contribution in [1.82, 2.24) is 4.57 Å². The quantitative estimate of drug-likeness (QED) is 0.615.